The first-order valence-electron chi connectivity index (χ1n) is 8.22. The standard InChI is InChI=1S/C15H27N5O6S/c1-7(2)3-8(16)13(23)20-9(4-11(17)21)14(24)18-5-12(22)19-10(6-27)15(25)26/h7-10,27H,3-6,16H2,1-2H3,(H2,17,21)(H,18,24)(H,19,22)(H,20,23)(H,25,26). The minimum Gasteiger partial charge on any atom is -0.480 e. The summed E-state index contributed by atoms with van der Waals surface area (Å²) in [5.41, 5.74) is 10.8. The summed E-state index contributed by atoms with van der Waals surface area (Å²) in [6, 6.07) is -3.39. The van der Waals surface area contributed by atoms with E-state index in [4.69, 9.17) is 16.6 Å². The molecule has 0 aromatic carbocycles. The van der Waals surface area contributed by atoms with Crippen LogP contribution in [0.2, 0.25) is 0 Å². The highest BCUT2D eigenvalue weighted by atomic mass is 32.1. The number of rotatable bonds is 12. The lowest BCUT2D eigenvalue weighted by atomic mass is 10.0. The molecule has 27 heavy (non-hydrogen) atoms. The summed E-state index contributed by atoms with van der Waals surface area (Å²) in [6.45, 7) is 3.18. The number of amides is 4. The molecule has 0 saturated carbocycles. The van der Waals surface area contributed by atoms with Gasteiger partial charge >= 0.3 is 5.97 Å². The number of thiol groups is 1. The van der Waals surface area contributed by atoms with E-state index in [-0.39, 0.29) is 11.7 Å². The number of hydrogen-bond acceptors (Lipinski definition) is 7. The van der Waals surface area contributed by atoms with Crippen LogP contribution in [0.1, 0.15) is 26.7 Å². The molecule has 11 nitrogen and oxygen atoms in total. The van der Waals surface area contributed by atoms with Crippen molar-refractivity contribution in [1.82, 2.24) is 16.0 Å². The number of carboxylic acids is 1. The minimum absolute atomic E-state index is 0.136. The van der Waals surface area contributed by atoms with Crippen molar-refractivity contribution >= 4 is 42.2 Å². The van der Waals surface area contributed by atoms with E-state index in [2.05, 4.69) is 28.6 Å². The smallest absolute Gasteiger partial charge is 0.327 e. The third-order valence-corrected chi connectivity index (χ3v) is 3.70. The number of carbonyl (C=O) groups excluding carboxylic acids is 4. The maximum absolute atomic E-state index is 12.2. The molecule has 0 saturated heterocycles. The molecule has 0 aliphatic rings. The Hall–Kier alpha value is -2.34. The van der Waals surface area contributed by atoms with Gasteiger partial charge < -0.3 is 32.5 Å². The molecule has 0 fully saturated rings. The molecule has 0 aliphatic carbocycles. The lowest BCUT2D eigenvalue weighted by Gasteiger charge is -2.20. The van der Waals surface area contributed by atoms with Crippen LogP contribution in [-0.4, -0.2) is 65.1 Å². The van der Waals surface area contributed by atoms with Gasteiger partial charge in [0.15, 0.2) is 0 Å². The molecule has 0 heterocycles. The summed E-state index contributed by atoms with van der Waals surface area (Å²) in [6.07, 6.45) is -0.110. The lowest BCUT2D eigenvalue weighted by molar-refractivity contribution is -0.141. The first-order chi connectivity index (χ1) is 12.5. The molecule has 0 aromatic heterocycles. The summed E-state index contributed by atoms with van der Waals surface area (Å²) in [5, 5.41) is 15.5. The average Bonchev–Trinajstić information content (AvgIpc) is 2.55. The van der Waals surface area contributed by atoms with Gasteiger partial charge in [-0.25, -0.2) is 4.79 Å². The van der Waals surface area contributed by atoms with Gasteiger partial charge in [-0.1, -0.05) is 13.8 Å². The monoisotopic (exact) mass is 405 g/mol. The molecule has 0 rings (SSSR count). The van der Waals surface area contributed by atoms with Crippen molar-refractivity contribution in [3.05, 3.63) is 0 Å². The molecule has 154 valence electrons. The van der Waals surface area contributed by atoms with Crippen LogP contribution in [0.5, 0.6) is 0 Å². The Morgan fingerprint density at radius 1 is 1.04 bits per heavy atom. The Bertz CT molecular complexity index is 571. The second kappa shape index (κ2) is 12.1. The maximum Gasteiger partial charge on any atom is 0.327 e. The van der Waals surface area contributed by atoms with Crippen LogP contribution >= 0.6 is 12.6 Å². The third kappa shape index (κ3) is 10.4. The molecule has 4 amide bonds. The fourth-order valence-electron chi connectivity index (χ4n) is 2.03. The topological polar surface area (TPSA) is 194 Å². The molecular weight excluding hydrogens is 378 g/mol. The highest BCUT2D eigenvalue weighted by Crippen LogP contribution is 2.03. The van der Waals surface area contributed by atoms with E-state index >= 15 is 0 Å². The van der Waals surface area contributed by atoms with Crippen molar-refractivity contribution in [2.24, 2.45) is 17.4 Å². The zero-order valence-electron chi connectivity index (χ0n) is 15.2. The highest BCUT2D eigenvalue weighted by Gasteiger charge is 2.26. The van der Waals surface area contributed by atoms with Crippen molar-refractivity contribution < 1.29 is 29.1 Å². The normalized spacial score (nSPS) is 14.0. The molecule has 0 spiro atoms. The Morgan fingerprint density at radius 3 is 2.07 bits per heavy atom. The number of hydrogen-bond donors (Lipinski definition) is 7. The maximum atomic E-state index is 12.2. The fourth-order valence-corrected chi connectivity index (χ4v) is 2.27. The van der Waals surface area contributed by atoms with Gasteiger partial charge in [-0.05, 0) is 12.3 Å². The average molecular weight is 405 g/mol. The van der Waals surface area contributed by atoms with Gasteiger partial charge in [0.1, 0.15) is 12.1 Å². The zero-order chi connectivity index (χ0) is 21.1. The second-order valence-corrected chi connectivity index (χ2v) is 6.69. The van der Waals surface area contributed by atoms with E-state index in [9.17, 15) is 24.0 Å². The van der Waals surface area contributed by atoms with Crippen LogP contribution in [0.25, 0.3) is 0 Å². The first kappa shape index (κ1) is 24.7. The van der Waals surface area contributed by atoms with E-state index in [0.29, 0.717) is 6.42 Å². The largest absolute Gasteiger partial charge is 0.480 e. The quantitative estimate of drug-likeness (QED) is 0.172. The Morgan fingerprint density at radius 2 is 1.63 bits per heavy atom. The molecule has 3 atom stereocenters. The van der Waals surface area contributed by atoms with Crippen LogP contribution in [0, 0.1) is 5.92 Å². The summed E-state index contributed by atoms with van der Waals surface area (Å²) in [4.78, 5) is 57.9. The summed E-state index contributed by atoms with van der Waals surface area (Å²) in [7, 11) is 0. The predicted molar refractivity (Wildman–Crippen MR) is 99.6 cm³/mol. The van der Waals surface area contributed by atoms with E-state index in [1.165, 1.54) is 0 Å². The van der Waals surface area contributed by atoms with Crippen LogP contribution < -0.4 is 27.4 Å². The molecule has 8 N–H and O–H groups in total. The van der Waals surface area contributed by atoms with Crippen molar-refractivity contribution in [2.75, 3.05) is 12.3 Å². The van der Waals surface area contributed by atoms with E-state index < -0.39 is 60.7 Å². The van der Waals surface area contributed by atoms with Crippen LogP contribution in [-0.2, 0) is 24.0 Å². The molecule has 0 aromatic rings. The molecule has 0 radical (unpaired) electrons. The van der Waals surface area contributed by atoms with E-state index in [1.54, 1.807) is 0 Å². The number of nitrogens with two attached hydrogens (primary N) is 2. The van der Waals surface area contributed by atoms with Gasteiger partial charge in [-0.15, -0.1) is 0 Å². The van der Waals surface area contributed by atoms with Crippen LogP contribution in [0.3, 0.4) is 0 Å². The Kier molecular flexibility index (Phi) is 11.1. The first-order valence-corrected chi connectivity index (χ1v) is 8.86. The van der Waals surface area contributed by atoms with Crippen LogP contribution in [0.4, 0.5) is 0 Å². The predicted octanol–water partition coefficient (Wildman–Crippen LogP) is -2.66. The van der Waals surface area contributed by atoms with Gasteiger partial charge in [-0.2, -0.15) is 12.6 Å². The Labute approximate surface area is 162 Å². The number of carboxylic acid groups (broad SMARTS) is 1. The van der Waals surface area contributed by atoms with Gasteiger partial charge in [0.05, 0.1) is 19.0 Å². The Balaban J connectivity index is 4.78. The minimum atomic E-state index is -1.30. The molecule has 0 bridgehead atoms. The summed E-state index contributed by atoms with van der Waals surface area (Å²) < 4.78 is 0. The number of primary amides is 1. The highest BCUT2D eigenvalue weighted by molar-refractivity contribution is 7.80. The third-order valence-electron chi connectivity index (χ3n) is 3.34. The van der Waals surface area contributed by atoms with Crippen LogP contribution in [0.15, 0.2) is 0 Å². The van der Waals surface area contributed by atoms with Gasteiger partial charge in [0.25, 0.3) is 0 Å². The summed E-state index contributed by atoms with van der Waals surface area (Å²) >= 11 is 3.80. The number of nitrogens with one attached hydrogen (secondary N) is 3. The number of aliphatic carboxylic acids is 1. The van der Waals surface area contributed by atoms with Gasteiger partial charge in [-0.3, -0.25) is 19.2 Å². The fraction of sp³-hybridized carbons (Fsp3) is 0.667. The second-order valence-electron chi connectivity index (χ2n) is 6.33. The summed E-state index contributed by atoms with van der Waals surface area (Å²) in [5.74, 6) is -4.33. The van der Waals surface area contributed by atoms with Gasteiger partial charge in [0, 0.05) is 5.75 Å². The molecule has 12 heteroatoms. The van der Waals surface area contributed by atoms with Gasteiger partial charge in [0.2, 0.25) is 23.6 Å². The molecular formula is C15H27N5O6S. The van der Waals surface area contributed by atoms with Crippen molar-refractivity contribution in [3.63, 3.8) is 0 Å². The molecule has 0 aliphatic heterocycles. The molecule has 3 unspecified atom stereocenters. The van der Waals surface area contributed by atoms with E-state index in [0.717, 1.165) is 0 Å². The lowest BCUT2D eigenvalue weighted by Crippen LogP contribution is -2.54. The SMILES string of the molecule is CC(C)CC(N)C(=O)NC(CC(N)=O)C(=O)NCC(=O)NC(CS)C(=O)O. The van der Waals surface area contributed by atoms with E-state index in [1.807, 2.05) is 13.8 Å². The van der Waals surface area contributed by atoms with Crippen molar-refractivity contribution in [3.8, 4) is 0 Å². The number of carbonyl (C=O) groups is 5. The zero-order valence-corrected chi connectivity index (χ0v) is 16.1. The van der Waals surface area contributed by atoms with Crippen molar-refractivity contribution in [2.45, 2.75) is 44.8 Å². The van der Waals surface area contributed by atoms with Crippen molar-refractivity contribution in [1.29, 1.82) is 0 Å².